The van der Waals surface area contributed by atoms with Crippen molar-refractivity contribution in [3.63, 3.8) is 0 Å². The van der Waals surface area contributed by atoms with Gasteiger partial charge >= 0.3 is 0 Å². The summed E-state index contributed by atoms with van der Waals surface area (Å²) in [4.78, 5) is 13.5. The third-order valence-corrected chi connectivity index (χ3v) is 3.82. The van der Waals surface area contributed by atoms with Crippen molar-refractivity contribution in [1.82, 2.24) is 15.1 Å². The first-order valence-electron chi connectivity index (χ1n) is 6.16. The molecule has 0 fully saturated rings. The van der Waals surface area contributed by atoms with Crippen LogP contribution >= 0.6 is 11.8 Å². The van der Waals surface area contributed by atoms with E-state index in [4.69, 9.17) is 5.26 Å². The third-order valence-electron chi connectivity index (χ3n) is 2.85. The van der Waals surface area contributed by atoms with E-state index in [1.807, 2.05) is 30.3 Å². The van der Waals surface area contributed by atoms with Crippen LogP contribution in [0.5, 0.6) is 0 Å². The Balaban J connectivity index is 2.03. The number of thioether (sulfide) groups is 1. The minimum absolute atomic E-state index is 0.0139. The molecule has 6 heteroatoms. The van der Waals surface area contributed by atoms with Crippen LogP contribution in [0, 0.1) is 11.3 Å². The zero-order chi connectivity index (χ0) is 14.4. The van der Waals surface area contributed by atoms with E-state index in [2.05, 4.69) is 10.2 Å². The zero-order valence-electron chi connectivity index (χ0n) is 11.1. The maximum atomic E-state index is 11.9. The fourth-order valence-electron chi connectivity index (χ4n) is 1.69. The first-order chi connectivity index (χ1) is 9.72. The summed E-state index contributed by atoms with van der Waals surface area (Å²) in [6.45, 7) is 0.455. The number of nitriles is 1. The summed E-state index contributed by atoms with van der Waals surface area (Å²) < 4.78 is 0. The highest BCUT2D eigenvalue weighted by molar-refractivity contribution is 8.00. The molecule has 1 heterocycles. The molecule has 0 aliphatic rings. The predicted molar refractivity (Wildman–Crippen MR) is 78.1 cm³/mol. The fraction of sp³-hybridized carbons (Fsp3) is 0.286. The van der Waals surface area contributed by atoms with Crippen molar-refractivity contribution in [3.05, 3.63) is 30.5 Å². The van der Waals surface area contributed by atoms with Crippen molar-refractivity contribution in [2.24, 2.45) is 0 Å². The monoisotopic (exact) mass is 286 g/mol. The second-order valence-electron chi connectivity index (χ2n) is 4.25. The van der Waals surface area contributed by atoms with E-state index in [0.717, 1.165) is 15.8 Å². The largest absolute Gasteiger partial charge is 0.344 e. The maximum Gasteiger partial charge on any atom is 0.232 e. The number of carbonyl (C=O) groups excluding carboxylic acids is 1. The van der Waals surface area contributed by atoms with Crippen LogP contribution in [0.1, 0.15) is 6.42 Å². The first kappa shape index (κ1) is 14.3. The molecule has 0 saturated carbocycles. The predicted octanol–water partition coefficient (Wildman–Crippen LogP) is 2.09. The number of hydrogen-bond acceptors (Lipinski definition) is 5. The number of nitrogens with zero attached hydrogens (tertiary/aromatic N) is 4. The highest BCUT2D eigenvalue weighted by atomic mass is 32.2. The lowest BCUT2D eigenvalue weighted by atomic mass is 10.2. The van der Waals surface area contributed by atoms with E-state index in [0.29, 0.717) is 18.7 Å². The molecule has 20 heavy (non-hydrogen) atoms. The molecule has 2 rings (SSSR count). The molecule has 2 aromatic rings. The average Bonchev–Trinajstić information content (AvgIpc) is 2.50. The second-order valence-corrected chi connectivity index (χ2v) is 5.21. The molecule has 0 atom stereocenters. The molecule has 1 aromatic heterocycles. The normalized spacial score (nSPS) is 10.2. The van der Waals surface area contributed by atoms with Gasteiger partial charge in [0.2, 0.25) is 5.91 Å². The summed E-state index contributed by atoms with van der Waals surface area (Å²) in [6.07, 6.45) is 2.06. The van der Waals surface area contributed by atoms with E-state index in [1.54, 1.807) is 18.1 Å². The lowest BCUT2D eigenvalue weighted by Gasteiger charge is -2.14. The van der Waals surface area contributed by atoms with Crippen molar-refractivity contribution in [2.75, 3.05) is 19.3 Å². The minimum Gasteiger partial charge on any atom is -0.344 e. The summed E-state index contributed by atoms with van der Waals surface area (Å²) in [6, 6.07) is 9.85. The second kappa shape index (κ2) is 6.87. The topological polar surface area (TPSA) is 69.9 Å². The van der Waals surface area contributed by atoms with Crippen LogP contribution in [0.2, 0.25) is 0 Å². The molecule has 0 aliphatic heterocycles. The molecule has 1 amide bonds. The van der Waals surface area contributed by atoms with Gasteiger partial charge in [-0.3, -0.25) is 4.79 Å². The van der Waals surface area contributed by atoms with Gasteiger partial charge in [0.15, 0.2) is 0 Å². The lowest BCUT2D eigenvalue weighted by molar-refractivity contribution is -0.127. The smallest absolute Gasteiger partial charge is 0.232 e. The molecule has 1 aromatic carbocycles. The molecule has 0 radical (unpaired) electrons. The average molecular weight is 286 g/mol. The number of rotatable bonds is 5. The van der Waals surface area contributed by atoms with Crippen LogP contribution in [0.4, 0.5) is 0 Å². The van der Waals surface area contributed by atoms with Gasteiger partial charge in [0.25, 0.3) is 0 Å². The fourth-order valence-corrected chi connectivity index (χ4v) is 2.62. The minimum atomic E-state index is -0.0139. The third kappa shape index (κ3) is 3.45. The SMILES string of the molecule is CN(CCC#N)C(=O)CSc1nncc2ccccc12. The van der Waals surface area contributed by atoms with Crippen molar-refractivity contribution in [1.29, 1.82) is 5.26 Å². The molecule has 0 unspecified atom stereocenters. The van der Waals surface area contributed by atoms with Gasteiger partial charge in [0.05, 0.1) is 24.4 Å². The summed E-state index contributed by atoms with van der Waals surface area (Å²) in [5.41, 5.74) is 0. The van der Waals surface area contributed by atoms with Crippen molar-refractivity contribution in [3.8, 4) is 6.07 Å². The van der Waals surface area contributed by atoms with Gasteiger partial charge in [-0.1, -0.05) is 36.0 Å². The van der Waals surface area contributed by atoms with Gasteiger partial charge < -0.3 is 4.90 Å². The molecular weight excluding hydrogens is 272 g/mol. The summed E-state index contributed by atoms with van der Waals surface area (Å²) in [5, 5.41) is 19.3. The Morgan fingerprint density at radius 3 is 3.05 bits per heavy atom. The highest BCUT2D eigenvalue weighted by Gasteiger charge is 2.11. The van der Waals surface area contributed by atoms with E-state index in [-0.39, 0.29) is 5.91 Å². The van der Waals surface area contributed by atoms with Crippen LogP contribution < -0.4 is 0 Å². The van der Waals surface area contributed by atoms with Gasteiger partial charge in [0, 0.05) is 24.4 Å². The Kier molecular flexibility index (Phi) is 4.91. The first-order valence-corrected chi connectivity index (χ1v) is 7.15. The molecule has 0 N–H and O–H groups in total. The highest BCUT2D eigenvalue weighted by Crippen LogP contribution is 2.24. The van der Waals surface area contributed by atoms with Crippen LogP contribution in [-0.2, 0) is 4.79 Å². The number of hydrogen-bond donors (Lipinski definition) is 0. The standard InChI is InChI=1S/C14H14N4OS/c1-18(8-4-7-15)13(19)10-20-14-12-6-3-2-5-11(12)9-16-17-14/h2-3,5-6,9H,4,8,10H2,1H3. The van der Waals surface area contributed by atoms with Gasteiger partial charge in [0.1, 0.15) is 5.03 Å². The lowest BCUT2D eigenvalue weighted by Crippen LogP contribution is -2.29. The van der Waals surface area contributed by atoms with Crippen molar-refractivity contribution < 1.29 is 4.79 Å². The summed E-state index contributed by atoms with van der Waals surface area (Å²) in [5.74, 6) is 0.282. The van der Waals surface area contributed by atoms with Crippen molar-refractivity contribution in [2.45, 2.75) is 11.4 Å². The number of amides is 1. The maximum absolute atomic E-state index is 11.9. The Bertz CT molecular complexity index is 648. The number of aromatic nitrogens is 2. The number of benzene rings is 1. The molecule has 0 saturated heterocycles. The Labute approximate surface area is 121 Å². The molecule has 0 aliphatic carbocycles. The van der Waals surface area contributed by atoms with Crippen LogP contribution in [0.3, 0.4) is 0 Å². The van der Waals surface area contributed by atoms with E-state index < -0.39 is 0 Å². The van der Waals surface area contributed by atoms with E-state index in [1.165, 1.54) is 11.8 Å². The number of fused-ring (bicyclic) bond motifs is 1. The quantitative estimate of drug-likeness (QED) is 0.787. The summed E-state index contributed by atoms with van der Waals surface area (Å²) in [7, 11) is 1.70. The zero-order valence-corrected chi connectivity index (χ0v) is 11.9. The molecule has 5 nitrogen and oxygen atoms in total. The Morgan fingerprint density at radius 2 is 2.25 bits per heavy atom. The molecule has 0 bridgehead atoms. The van der Waals surface area contributed by atoms with E-state index >= 15 is 0 Å². The molecular formula is C14H14N4OS. The van der Waals surface area contributed by atoms with E-state index in [9.17, 15) is 4.79 Å². The molecule has 102 valence electrons. The Morgan fingerprint density at radius 1 is 1.45 bits per heavy atom. The van der Waals surface area contributed by atoms with Crippen LogP contribution in [0.15, 0.2) is 35.5 Å². The summed E-state index contributed by atoms with van der Waals surface area (Å²) >= 11 is 1.37. The van der Waals surface area contributed by atoms with Crippen LogP contribution in [-0.4, -0.2) is 40.3 Å². The van der Waals surface area contributed by atoms with Crippen molar-refractivity contribution >= 4 is 28.4 Å². The van der Waals surface area contributed by atoms with Gasteiger partial charge in [-0.2, -0.15) is 10.4 Å². The number of carbonyl (C=O) groups is 1. The van der Waals surface area contributed by atoms with Gasteiger partial charge in [-0.05, 0) is 0 Å². The van der Waals surface area contributed by atoms with Crippen LogP contribution in [0.25, 0.3) is 10.8 Å². The molecule has 0 spiro atoms. The van der Waals surface area contributed by atoms with Gasteiger partial charge in [-0.25, -0.2) is 0 Å². The van der Waals surface area contributed by atoms with Gasteiger partial charge in [-0.15, -0.1) is 5.10 Å². The Hall–Kier alpha value is -2.13.